The van der Waals surface area contributed by atoms with Crippen LogP contribution in [0.3, 0.4) is 0 Å². The van der Waals surface area contributed by atoms with E-state index < -0.39 is 0 Å². The molecular weight excluding hydrogens is 268 g/mol. The largest absolute Gasteiger partial charge is 0.360 e. The smallest absolute Gasteiger partial charge is 0.171 e. The molecule has 2 N–H and O–H groups in total. The number of pyridine rings is 1. The van der Waals surface area contributed by atoms with Gasteiger partial charge in [-0.05, 0) is 64.4 Å². The highest BCUT2D eigenvalue weighted by atomic mass is 32.1. The normalized spacial score (nSPS) is 19.0. The second-order valence-corrected chi connectivity index (χ2v) is 6.10. The Morgan fingerprint density at radius 1 is 1.40 bits per heavy atom. The average Bonchev–Trinajstić information content (AvgIpc) is 2.39. The van der Waals surface area contributed by atoms with Gasteiger partial charge in [0.15, 0.2) is 5.11 Å². The fourth-order valence-electron chi connectivity index (χ4n) is 2.50. The van der Waals surface area contributed by atoms with E-state index in [-0.39, 0.29) is 0 Å². The zero-order valence-electron chi connectivity index (χ0n) is 12.5. The van der Waals surface area contributed by atoms with Crippen molar-refractivity contribution in [1.82, 2.24) is 10.3 Å². The third-order valence-corrected chi connectivity index (χ3v) is 3.74. The second kappa shape index (κ2) is 6.88. The lowest BCUT2D eigenvalue weighted by Crippen LogP contribution is -2.38. The van der Waals surface area contributed by atoms with Gasteiger partial charge in [-0.1, -0.05) is 0 Å². The van der Waals surface area contributed by atoms with Crippen LogP contribution in [0.4, 0.5) is 11.5 Å². The molecule has 1 atom stereocenters. The molecule has 1 aromatic rings. The van der Waals surface area contributed by atoms with Crippen LogP contribution in [0, 0.1) is 0 Å². The first-order chi connectivity index (χ1) is 9.56. The standard InChI is InChI=1S/C15H24N4S/c1-11(2)17-15(20)18-13-7-8-14(16-10-13)19-9-5-4-6-12(19)3/h7-8,10-12H,4-6,9H2,1-3H3,(H2,17,18,20)/t12-/m0/s1. The molecule has 0 bridgehead atoms. The molecule has 0 unspecified atom stereocenters. The van der Waals surface area contributed by atoms with E-state index in [9.17, 15) is 0 Å². The molecule has 0 radical (unpaired) electrons. The summed E-state index contributed by atoms with van der Waals surface area (Å²) in [5.74, 6) is 1.06. The maximum atomic E-state index is 5.23. The summed E-state index contributed by atoms with van der Waals surface area (Å²) in [4.78, 5) is 6.95. The summed E-state index contributed by atoms with van der Waals surface area (Å²) >= 11 is 5.23. The Morgan fingerprint density at radius 2 is 2.20 bits per heavy atom. The lowest BCUT2D eigenvalue weighted by atomic mass is 10.0. The van der Waals surface area contributed by atoms with Crippen LogP contribution in [-0.4, -0.2) is 28.7 Å². The zero-order chi connectivity index (χ0) is 14.5. The van der Waals surface area contributed by atoms with Crippen molar-refractivity contribution in [2.45, 2.75) is 52.1 Å². The van der Waals surface area contributed by atoms with Gasteiger partial charge in [-0.2, -0.15) is 0 Å². The van der Waals surface area contributed by atoms with E-state index in [2.05, 4.69) is 47.4 Å². The fraction of sp³-hybridized carbons (Fsp3) is 0.600. The number of hydrogen-bond acceptors (Lipinski definition) is 3. The summed E-state index contributed by atoms with van der Waals surface area (Å²) < 4.78 is 0. The molecule has 2 rings (SSSR count). The first-order valence-corrected chi connectivity index (χ1v) is 7.77. The quantitative estimate of drug-likeness (QED) is 0.838. The summed E-state index contributed by atoms with van der Waals surface area (Å²) in [6, 6.07) is 5.02. The molecule has 1 fully saturated rings. The molecule has 1 aliphatic heterocycles. The second-order valence-electron chi connectivity index (χ2n) is 5.70. The number of nitrogens with one attached hydrogen (secondary N) is 2. The monoisotopic (exact) mass is 292 g/mol. The van der Waals surface area contributed by atoms with E-state index in [0.29, 0.717) is 17.2 Å². The predicted molar refractivity (Wildman–Crippen MR) is 89.4 cm³/mol. The van der Waals surface area contributed by atoms with Crippen molar-refractivity contribution in [3.63, 3.8) is 0 Å². The number of hydrogen-bond donors (Lipinski definition) is 2. The fourth-order valence-corrected chi connectivity index (χ4v) is 2.85. The number of thiocarbonyl (C=S) groups is 1. The van der Waals surface area contributed by atoms with Crippen molar-refractivity contribution in [2.75, 3.05) is 16.8 Å². The van der Waals surface area contributed by atoms with Crippen LogP contribution in [-0.2, 0) is 0 Å². The maximum Gasteiger partial charge on any atom is 0.171 e. The predicted octanol–water partition coefficient (Wildman–Crippen LogP) is 3.16. The lowest BCUT2D eigenvalue weighted by Gasteiger charge is -2.34. The Balaban J connectivity index is 1.97. The van der Waals surface area contributed by atoms with Crippen LogP contribution < -0.4 is 15.5 Å². The number of rotatable bonds is 3. The molecular formula is C15H24N4S. The Hall–Kier alpha value is -1.36. The van der Waals surface area contributed by atoms with Crippen molar-refractivity contribution in [3.8, 4) is 0 Å². The van der Waals surface area contributed by atoms with Crippen molar-refractivity contribution in [3.05, 3.63) is 18.3 Å². The molecule has 0 spiro atoms. The minimum absolute atomic E-state index is 0.330. The minimum Gasteiger partial charge on any atom is -0.360 e. The van der Waals surface area contributed by atoms with Crippen LogP contribution >= 0.6 is 12.2 Å². The number of anilines is 2. The number of aromatic nitrogens is 1. The van der Waals surface area contributed by atoms with Gasteiger partial charge in [-0.15, -0.1) is 0 Å². The molecule has 20 heavy (non-hydrogen) atoms. The van der Waals surface area contributed by atoms with E-state index in [1.54, 1.807) is 0 Å². The van der Waals surface area contributed by atoms with Gasteiger partial charge in [0, 0.05) is 18.6 Å². The molecule has 2 heterocycles. The van der Waals surface area contributed by atoms with Gasteiger partial charge in [0.25, 0.3) is 0 Å². The van der Waals surface area contributed by atoms with E-state index in [4.69, 9.17) is 12.2 Å². The van der Waals surface area contributed by atoms with Crippen LogP contribution in [0.25, 0.3) is 0 Å². The van der Waals surface area contributed by atoms with E-state index in [1.807, 2.05) is 12.3 Å². The van der Waals surface area contributed by atoms with Crippen molar-refractivity contribution in [1.29, 1.82) is 0 Å². The van der Waals surface area contributed by atoms with E-state index >= 15 is 0 Å². The lowest BCUT2D eigenvalue weighted by molar-refractivity contribution is 0.481. The van der Waals surface area contributed by atoms with Gasteiger partial charge in [0.1, 0.15) is 5.82 Å². The van der Waals surface area contributed by atoms with Crippen molar-refractivity contribution in [2.24, 2.45) is 0 Å². The molecule has 0 amide bonds. The van der Waals surface area contributed by atoms with Gasteiger partial charge in [-0.3, -0.25) is 0 Å². The van der Waals surface area contributed by atoms with Crippen molar-refractivity contribution < 1.29 is 0 Å². The molecule has 1 aliphatic rings. The third-order valence-electron chi connectivity index (χ3n) is 3.52. The van der Waals surface area contributed by atoms with E-state index in [0.717, 1.165) is 18.1 Å². The summed E-state index contributed by atoms with van der Waals surface area (Å²) in [5.41, 5.74) is 0.927. The summed E-state index contributed by atoms with van der Waals surface area (Å²) in [5, 5.41) is 6.95. The molecule has 0 aromatic carbocycles. The number of piperidine rings is 1. The van der Waals surface area contributed by atoms with Crippen LogP contribution in [0.1, 0.15) is 40.0 Å². The summed E-state index contributed by atoms with van der Waals surface area (Å²) in [6.07, 6.45) is 5.69. The Kier molecular flexibility index (Phi) is 5.17. The highest BCUT2D eigenvalue weighted by Crippen LogP contribution is 2.23. The van der Waals surface area contributed by atoms with Crippen LogP contribution in [0.5, 0.6) is 0 Å². The molecule has 1 saturated heterocycles. The molecule has 110 valence electrons. The summed E-state index contributed by atoms with van der Waals surface area (Å²) in [7, 11) is 0. The number of nitrogens with zero attached hydrogens (tertiary/aromatic N) is 2. The molecule has 4 nitrogen and oxygen atoms in total. The first-order valence-electron chi connectivity index (χ1n) is 7.36. The minimum atomic E-state index is 0.330. The topological polar surface area (TPSA) is 40.2 Å². The van der Waals surface area contributed by atoms with Crippen LogP contribution in [0.15, 0.2) is 18.3 Å². The molecule has 5 heteroatoms. The Morgan fingerprint density at radius 3 is 2.80 bits per heavy atom. The zero-order valence-corrected chi connectivity index (χ0v) is 13.3. The third kappa shape index (κ3) is 4.07. The van der Waals surface area contributed by atoms with Gasteiger partial charge < -0.3 is 15.5 Å². The van der Waals surface area contributed by atoms with E-state index in [1.165, 1.54) is 19.3 Å². The Labute approximate surface area is 127 Å². The summed E-state index contributed by atoms with van der Waals surface area (Å²) in [6.45, 7) is 7.50. The molecule has 1 aromatic heterocycles. The van der Waals surface area contributed by atoms with Gasteiger partial charge in [0.2, 0.25) is 0 Å². The Bertz CT molecular complexity index is 444. The molecule has 0 saturated carbocycles. The highest BCUT2D eigenvalue weighted by Gasteiger charge is 2.19. The maximum absolute atomic E-state index is 5.23. The average molecular weight is 292 g/mol. The van der Waals surface area contributed by atoms with Gasteiger partial charge in [0.05, 0.1) is 11.9 Å². The van der Waals surface area contributed by atoms with Gasteiger partial charge in [-0.25, -0.2) is 4.98 Å². The van der Waals surface area contributed by atoms with Gasteiger partial charge >= 0.3 is 0 Å². The molecule has 0 aliphatic carbocycles. The van der Waals surface area contributed by atoms with Crippen molar-refractivity contribution >= 4 is 28.8 Å². The SMILES string of the molecule is CC(C)NC(=S)Nc1ccc(N2CCCC[C@@H]2C)nc1. The van der Waals surface area contributed by atoms with Crippen LogP contribution in [0.2, 0.25) is 0 Å². The highest BCUT2D eigenvalue weighted by molar-refractivity contribution is 7.80. The first kappa shape index (κ1) is 15.0.